The van der Waals surface area contributed by atoms with Gasteiger partial charge in [-0.1, -0.05) is 11.6 Å². The number of carbonyl (C=O) groups is 1. The van der Waals surface area contributed by atoms with Crippen molar-refractivity contribution in [1.29, 1.82) is 0 Å². The molecule has 7 heteroatoms. The number of nitrogen functional groups attached to an aromatic ring is 1. The SMILES string of the molecule is Nc1cc(C(=O)OCc2csc(-c3ccsc3)n2)ccc1Cl. The molecule has 3 rings (SSSR count). The van der Waals surface area contributed by atoms with Crippen molar-refractivity contribution in [2.45, 2.75) is 6.61 Å². The number of rotatable bonds is 4. The fourth-order valence-electron chi connectivity index (χ4n) is 1.79. The Balaban J connectivity index is 1.65. The molecule has 2 aromatic heterocycles. The Bertz CT molecular complexity index is 800. The molecule has 0 aliphatic rings. The number of hydrogen-bond donors (Lipinski definition) is 1. The molecule has 0 saturated carbocycles. The summed E-state index contributed by atoms with van der Waals surface area (Å²) in [6.45, 7) is 0.127. The van der Waals surface area contributed by atoms with Crippen LogP contribution in [0.15, 0.2) is 40.4 Å². The second-order valence-electron chi connectivity index (χ2n) is 4.47. The maximum absolute atomic E-state index is 12.0. The van der Waals surface area contributed by atoms with Crippen LogP contribution in [0.2, 0.25) is 5.02 Å². The van der Waals surface area contributed by atoms with Gasteiger partial charge in [-0.3, -0.25) is 0 Å². The molecular weight excluding hydrogens is 340 g/mol. The number of esters is 1. The van der Waals surface area contributed by atoms with Crippen molar-refractivity contribution in [2.24, 2.45) is 0 Å². The van der Waals surface area contributed by atoms with Crippen molar-refractivity contribution in [3.05, 3.63) is 56.7 Å². The minimum Gasteiger partial charge on any atom is -0.456 e. The van der Waals surface area contributed by atoms with E-state index in [2.05, 4.69) is 4.98 Å². The third-order valence-electron chi connectivity index (χ3n) is 2.90. The smallest absolute Gasteiger partial charge is 0.338 e. The molecule has 0 aliphatic heterocycles. The molecule has 112 valence electrons. The molecule has 3 aromatic rings. The Hall–Kier alpha value is -1.89. The van der Waals surface area contributed by atoms with Crippen LogP contribution in [0.1, 0.15) is 16.1 Å². The van der Waals surface area contributed by atoms with Crippen LogP contribution < -0.4 is 5.73 Å². The van der Waals surface area contributed by atoms with Gasteiger partial charge in [-0.25, -0.2) is 9.78 Å². The number of aromatic nitrogens is 1. The van der Waals surface area contributed by atoms with Crippen molar-refractivity contribution in [2.75, 3.05) is 5.73 Å². The Kier molecular flexibility index (Phi) is 4.42. The number of hydrogen-bond acceptors (Lipinski definition) is 6. The van der Waals surface area contributed by atoms with Gasteiger partial charge in [0.1, 0.15) is 11.6 Å². The monoisotopic (exact) mass is 350 g/mol. The van der Waals surface area contributed by atoms with Crippen LogP contribution in [-0.4, -0.2) is 11.0 Å². The molecule has 0 fully saturated rings. The van der Waals surface area contributed by atoms with Gasteiger partial charge in [-0.15, -0.1) is 11.3 Å². The van der Waals surface area contributed by atoms with Crippen molar-refractivity contribution in [3.8, 4) is 10.6 Å². The van der Waals surface area contributed by atoms with Crippen molar-refractivity contribution in [3.63, 3.8) is 0 Å². The maximum Gasteiger partial charge on any atom is 0.338 e. The Morgan fingerprint density at radius 2 is 2.18 bits per heavy atom. The minimum absolute atomic E-state index is 0.127. The third kappa shape index (κ3) is 3.30. The van der Waals surface area contributed by atoms with E-state index in [4.69, 9.17) is 22.1 Å². The quantitative estimate of drug-likeness (QED) is 0.557. The van der Waals surface area contributed by atoms with E-state index in [0.29, 0.717) is 16.3 Å². The molecule has 4 nitrogen and oxygen atoms in total. The molecular formula is C15H11ClN2O2S2. The van der Waals surface area contributed by atoms with Crippen LogP contribution in [0.25, 0.3) is 10.6 Å². The number of thiazole rings is 1. The zero-order valence-corrected chi connectivity index (χ0v) is 13.7. The lowest BCUT2D eigenvalue weighted by atomic mass is 10.2. The topological polar surface area (TPSA) is 65.2 Å². The first-order chi connectivity index (χ1) is 10.6. The van der Waals surface area contributed by atoms with E-state index in [0.717, 1.165) is 16.3 Å². The number of ether oxygens (including phenoxy) is 1. The molecule has 0 saturated heterocycles. The van der Waals surface area contributed by atoms with Crippen molar-refractivity contribution >= 4 is 45.9 Å². The van der Waals surface area contributed by atoms with E-state index in [1.807, 2.05) is 22.2 Å². The summed E-state index contributed by atoms with van der Waals surface area (Å²) in [5.74, 6) is -0.451. The molecule has 0 bridgehead atoms. The van der Waals surface area contributed by atoms with Gasteiger partial charge in [-0.05, 0) is 29.6 Å². The lowest BCUT2D eigenvalue weighted by Crippen LogP contribution is -2.06. The average molecular weight is 351 g/mol. The number of halogens is 1. The molecule has 0 spiro atoms. The fraction of sp³-hybridized carbons (Fsp3) is 0.0667. The number of nitrogens with zero attached hydrogens (tertiary/aromatic N) is 1. The number of nitrogens with two attached hydrogens (primary N) is 1. The normalized spacial score (nSPS) is 10.6. The second kappa shape index (κ2) is 6.48. The molecule has 0 radical (unpaired) electrons. The largest absolute Gasteiger partial charge is 0.456 e. The first kappa shape index (κ1) is 15.0. The maximum atomic E-state index is 12.0. The second-order valence-corrected chi connectivity index (χ2v) is 6.51. The van der Waals surface area contributed by atoms with Crippen LogP contribution in [0.3, 0.4) is 0 Å². The van der Waals surface area contributed by atoms with Gasteiger partial charge < -0.3 is 10.5 Å². The summed E-state index contributed by atoms with van der Waals surface area (Å²) in [6.07, 6.45) is 0. The molecule has 22 heavy (non-hydrogen) atoms. The van der Waals surface area contributed by atoms with Crippen molar-refractivity contribution in [1.82, 2.24) is 4.98 Å². The summed E-state index contributed by atoms with van der Waals surface area (Å²) >= 11 is 8.97. The zero-order chi connectivity index (χ0) is 15.5. The Labute approximate surface area is 140 Å². The first-order valence-corrected chi connectivity index (χ1v) is 8.52. The number of carbonyl (C=O) groups excluding carboxylic acids is 1. The summed E-state index contributed by atoms with van der Waals surface area (Å²) in [6, 6.07) is 6.67. The highest BCUT2D eigenvalue weighted by Crippen LogP contribution is 2.26. The van der Waals surface area contributed by atoms with E-state index < -0.39 is 5.97 Å². The molecule has 0 atom stereocenters. The molecule has 0 aliphatic carbocycles. The summed E-state index contributed by atoms with van der Waals surface area (Å²) in [7, 11) is 0. The molecule has 2 N–H and O–H groups in total. The lowest BCUT2D eigenvalue weighted by molar-refractivity contribution is 0.0468. The minimum atomic E-state index is -0.451. The Morgan fingerprint density at radius 1 is 1.32 bits per heavy atom. The van der Waals surface area contributed by atoms with Crippen LogP contribution in [0, 0.1) is 0 Å². The van der Waals surface area contributed by atoms with E-state index in [9.17, 15) is 4.79 Å². The van der Waals surface area contributed by atoms with Gasteiger partial charge in [0.05, 0.1) is 22.0 Å². The van der Waals surface area contributed by atoms with Crippen LogP contribution >= 0.6 is 34.3 Å². The van der Waals surface area contributed by atoms with Crippen LogP contribution in [0.4, 0.5) is 5.69 Å². The number of benzene rings is 1. The van der Waals surface area contributed by atoms with E-state index >= 15 is 0 Å². The highest BCUT2D eigenvalue weighted by Gasteiger charge is 2.11. The number of anilines is 1. The average Bonchev–Trinajstić information content (AvgIpc) is 3.18. The van der Waals surface area contributed by atoms with Gasteiger partial charge in [0.25, 0.3) is 0 Å². The molecule has 2 heterocycles. The third-order valence-corrected chi connectivity index (χ3v) is 4.87. The van der Waals surface area contributed by atoms with Gasteiger partial charge in [-0.2, -0.15) is 11.3 Å². The summed E-state index contributed by atoms with van der Waals surface area (Å²) < 4.78 is 5.25. The Morgan fingerprint density at radius 3 is 2.91 bits per heavy atom. The first-order valence-electron chi connectivity index (χ1n) is 6.32. The fourth-order valence-corrected chi connectivity index (χ4v) is 3.42. The van der Waals surface area contributed by atoms with Gasteiger partial charge in [0, 0.05) is 16.3 Å². The lowest BCUT2D eigenvalue weighted by Gasteiger charge is -2.04. The van der Waals surface area contributed by atoms with Gasteiger partial charge in [0.2, 0.25) is 0 Å². The number of thiophene rings is 1. The predicted octanol–water partition coefficient (Wildman–Crippen LogP) is 4.46. The van der Waals surface area contributed by atoms with E-state index in [1.54, 1.807) is 23.5 Å². The van der Waals surface area contributed by atoms with Crippen LogP contribution in [0.5, 0.6) is 0 Å². The van der Waals surface area contributed by atoms with Crippen LogP contribution in [-0.2, 0) is 11.3 Å². The predicted molar refractivity (Wildman–Crippen MR) is 90.4 cm³/mol. The summed E-state index contributed by atoms with van der Waals surface area (Å²) in [5, 5.41) is 7.25. The highest BCUT2D eigenvalue weighted by molar-refractivity contribution is 7.14. The molecule has 0 unspecified atom stereocenters. The van der Waals surface area contributed by atoms with Crippen molar-refractivity contribution < 1.29 is 9.53 Å². The highest BCUT2D eigenvalue weighted by atomic mass is 35.5. The molecule has 0 amide bonds. The standard InChI is InChI=1S/C15H11ClN2O2S2/c16-12-2-1-9(5-13(12)17)15(19)20-6-11-8-22-14(18-11)10-3-4-21-7-10/h1-5,7-8H,6,17H2. The van der Waals surface area contributed by atoms with E-state index in [-0.39, 0.29) is 6.61 Å². The van der Waals surface area contributed by atoms with Gasteiger partial charge >= 0.3 is 5.97 Å². The van der Waals surface area contributed by atoms with Gasteiger partial charge in [0.15, 0.2) is 0 Å². The van der Waals surface area contributed by atoms with E-state index in [1.165, 1.54) is 17.4 Å². The summed E-state index contributed by atoms with van der Waals surface area (Å²) in [4.78, 5) is 16.4. The molecule has 1 aromatic carbocycles. The summed E-state index contributed by atoms with van der Waals surface area (Å²) in [5.41, 5.74) is 8.20. The zero-order valence-electron chi connectivity index (χ0n) is 11.3.